The molecule has 0 radical (unpaired) electrons. The molecule has 2 N–H and O–H groups in total. The highest BCUT2D eigenvalue weighted by atomic mass is 14.6. The SMILES string of the molecule is CC=Cc1c(C)cccc1N. The second-order valence-electron chi connectivity index (χ2n) is 2.58. The van der Waals surface area contributed by atoms with E-state index < -0.39 is 0 Å². The molecule has 0 aliphatic rings. The van der Waals surface area contributed by atoms with E-state index in [4.69, 9.17) is 5.73 Å². The van der Waals surface area contributed by atoms with Crippen molar-refractivity contribution < 1.29 is 0 Å². The molecule has 0 aliphatic carbocycles. The third-order valence-corrected chi connectivity index (χ3v) is 1.69. The number of anilines is 1. The van der Waals surface area contributed by atoms with E-state index >= 15 is 0 Å². The molecule has 0 aliphatic heterocycles. The van der Waals surface area contributed by atoms with Crippen LogP contribution in [0.1, 0.15) is 18.1 Å². The van der Waals surface area contributed by atoms with Crippen molar-refractivity contribution in [2.75, 3.05) is 5.73 Å². The highest BCUT2D eigenvalue weighted by molar-refractivity contribution is 5.67. The monoisotopic (exact) mass is 147 g/mol. The number of aryl methyl sites for hydroxylation is 1. The van der Waals surface area contributed by atoms with Crippen molar-refractivity contribution in [3.05, 3.63) is 35.4 Å². The Morgan fingerprint density at radius 3 is 2.64 bits per heavy atom. The zero-order valence-electron chi connectivity index (χ0n) is 6.96. The zero-order valence-corrected chi connectivity index (χ0v) is 6.96. The largest absolute Gasteiger partial charge is 0.398 e. The molecule has 1 aromatic carbocycles. The van der Waals surface area contributed by atoms with Gasteiger partial charge in [-0.2, -0.15) is 0 Å². The summed E-state index contributed by atoms with van der Waals surface area (Å²) < 4.78 is 0. The van der Waals surface area contributed by atoms with Crippen LogP contribution in [0.5, 0.6) is 0 Å². The van der Waals surface area contributed by atoms with Crippen molar-refractivity contribution in [1.29, 1.82) is 0 Å². The van der Waals surface area contributed by atoms with Gasteiger partial charge in [-0.05, 0) is 31.0 Å². The summed E-state index contributed by atoms with van der Waals surface area (Å²) >= 11 is 0. The number of hydrogen-bond donors (Lipinski definition) is 1. The maximum absolute atomic E-state index is 5.76. The Labute approximate surface area is 67.5 Å². The number of nitrogens with two attached hydrogens (primary N) is 1. The lowest BCUT2D eigenvalue weighted by Crippen LogP contribution is -1.90. The summed E-state index contributed by atoms with van der Waals surface area (Å²) in [6, 6.07) is 5.95. The van der Waals surface area contributed by atoms with Gasteiger partial charge in [0.1, 0.15) is 0 Å². The number of allylic oxidation sites excluding steroid dienone is 1. The van der Waals surface area contributed by atoms with Crippen molar-refractivity contribution in [1.82, 2.24) is 0 Å². The first-order valence-corrected chi connectivity index (χ1v) is 3.73. The van der Waals surface area contributed by atoms with Crippen molar-refractivity contribution >= 4 is 11.8 Å². The molecule has 1 rings (SSSR count). The molecule has 1 aromatic rings. The van der Waals surface area contributed by atoms with Gasteiger partial charge in [-0.3, -0.25) is 0 Å². The maximum Gasteiger partial charge on any atom is 0.0390 e. The van der Waals surface area contributed by atoms with Crippen molar-refractivity contribution in [3.63, 3.8) is 0 Å². The van der Waals surface area contributed by atoms with Gasteiger partial charge in [0.2, 0.25) is 0 Å². The molecule has 0 saturated carbocycles. The highest BCUT2D eigenvalue weighted by Crippen LogP contribution is 2.17. The Kier molecular flexibility index (Phi) is 2.32. The average molecular weight is 147 g/mol. The molecule has 58 valence electrons. The summed E-state index contributed by atoms with van der Waals surface area (Å²) in [5, 5.41) is 0. The van der Waals surface area contributed by atoms with Crippen LogP contribution in [0.15, 0.2) is 24.3 Å². The third kappa shape index (κ3) is 1.61. The van der Waals surface area contributed by atoms with E-state index in [1.807, 2.05) is 31.2 Å². The standard InChI is InChI=1S/C10H13N/c1-3-5-9-8(2)6-4-7-10(9)11/h3-7H,11H2,1-2H3. The van der Waals surface area contributed by atoms with Gasteiger partial charge < -0.3 is 5.73 Å². The second kappa shape index (κ2) is 3.24. The molecule has 0 fully saturated rings. The molecular formula is C10H13N. The highest BCUT2D eigenvalue weighted by Gasteiger charge is 1.95. The molecular weight excluding hydrogens is 134 g/mol. The van der Waals surface area contributed by atoms with Crippen molar-refractivity contribution in [2.24, 2.45) is 0 Å². The van der Waals surface area contributed by atoms with E-state index in [0.29, 0.717) is 0 Å². The molecule has 1 nitrogen and oxygen atoms in total. The van der Waals surface area contributed by atoms with Crippen LogP contribution >= 0.6 is 0 Å². The number of hydrogen-bond acceptors (Lipinski definition) is 1. The summed E-state index contributed by atoms with van der Waals surface area (Å²) in [5.41, 5.74) is 8.97. The Bertz CT molecular complexity index is 254. The van der Waals surface area contributed by atoms with E-state index in [1.165, 1.54) is 5.56 Å². The van der Waals surface area contributed by atoms with Crippen LogP contribution in [0, 0.1) is 6.92 Å². The molecule has 0 aromatic heterocycles. The van der Waals surface area contributed by atoms with E-state index in [-0.39, 0.29) is 0 Å². The van der Waals surface area contributed by atoms with E-state index in [1.54, 1.807) is 0 Å². The van der Waals surface area contributed by atoms with Gasteiger partial charge >= 0.3 is 0 Å². The molecule has 1 heteroatoms. The Balaban J connectivity index is 3.20. The summed E-state index contributed by atoms with van der Waals surface area (Å²) in [6.07, 6.45) is 4.03. The van der Waals surface area contributed by atoms with E-state index in [0.717, 1.165) is 11.3 Å². The minimum absolute atomic E-state index is 0.850. The fourth-order valence-corrected chi connectivity index (χ4v) is 1.10. The second-order valence-corrected chi connectivity index (χ2v) is 2.58. The molecule has 0 unspecified atom stereocenters. The molecule has 0 amide bonds. The van der Waals surface area contributed by atoms with Gasteiger partial charge in [-0.1, -0.05) is 24.3 Å². The Morgan fingerprint density at radius 1 is 1.36 bits per heavy atom. The molecule has 0 atom stereocenters. The quantitative estimate of drug-likeness (QED) is 0.607. The zero-order chi connectivity index (χ0) is 8.27. The first-order chi connectivity index (χ1) is 5.25. The molecule has 11 heavy (non-hydrogen) atoms. The topological polar surface area (TPSA) is 26.0 Å². The molecule has 0 spiro atoms. The molecule has 0 bridgehead atoms. The fraction of sp³-hybridized carbons (Fsp3) is 0.200. The van der Waals surface area contributed by atoms with Crippen LogP contribution in [-0.4, -0.2) is 0 Å². The number of nitrogen functional groups attached to an aromatic ring is 1. The van der Waals surface area contributed by atoms with Gasteiger partial charge in [0.15, 0.2) is 0 Å². The first-order valence-electron chi connectivity index (χ1n) is 3.73. The molecule has 0 saturated heterocycles. The Hall–Kier alpha value is -1.24. The lowest BCUT2D eigenvalue weighted by Gasteiger charge is -2.02. The summed E-state index contributed by atoms with van der Waals surface area (Å²) in [4.78, 5) is 0. The van der Waals surface area contributed by atoms with Crippen molar-refractivity contribution in [3.8, 4) is 0 Å². The van der Waals surface area contributed by atoms with Crippen molar-refractivity contribution in [2.45, 2.75) is 13.8 Å². The predicted molar refractivity (Wildman–Crippen MR) is 50.3 cm³/mol. The van der Waals surface area contributed by atoms with Gasteiger partial charge in [-0.25, -0.2) is 0 Å². The number of benzene rings is 1. The fourth-order valence-electron chi connectivity index (χ4n) is 1.10. The van der Waals surface area contributed by atoms with Crippen LogP contribution in [0.25, 0.3) is 6.08 Å². The smallest absolute Gasteiger partial charge is 0.0390 e. The van der Waals surface area contributed by atoms with E-state index in [9.17, 15) is 0 Å². The average Bonchev–Trinajstić information content (AvgIpc) is 1.97. The summed E-state index contributed by atoms with van der Waals surface area (Å²) in [6.45, 7) is 4.05. The van der Waals surface area contributed by atoms with Crippen LogP contribution in [-0.2, 0) is 0 Å². The summed E-state index contributed by atoms with van der Waals surface area (Å²) in [5.74, 6) is 0. The predicted octanol–water partition coefficient (Wildman–Crippen LogP) is 2.61. The maximum atomic E-state index is 5.76. The summed E-state index contributed by atoms with van der Waals surface area (Å²) in [7, 11) is 0. The lowest BCUT2D eigenvalue weighted by atomic mass is 10.1. The Morgan fingerprint density at radius 2 is 2.09 bits per heavy atom. The minimum atomic E-state index is 0.850. The number of rotatable bonds is 1. The lowest BCUT2D eigenvalue weighted by molar-refractivity contribution is 1.44. The van der Waals surface area contributed by atoms with Crippen LogP contribution in [0.4, 0.5) is 5.69 Å². The van der Waals surface area contributed by atoms with Gasteiger partial charge in [0.05, 0.1) is 0 Å². The third-order valence-electron chi connectivity index (χ3n) is 1.69. The normalized spacial score (nSPS) is 10.7. The van der Waals surface area contributed by atoms with Crippen LogP contribution in [0.2, 0.25) is 0 Å². The van der Waals surface area contributed by atoms with Gasteiger partial charge in [-0.15, -0.1) is 0 Å². The van der Waals surface area contributed by atoms with Crippen LogP contribution < -0.4 is 5.73 Å². The van der Waals surface area contributed by atoms with Crippen LogP contribution in [0.3, 0.4) is 0 Å². The first kappa shape index (κ1) is 7.86. The molecule has 0 heterocycles. The van der Waals surface area contributed by atoms with E-state index in [2.05, 4.69) is 13.0 Å². The van der Waals surface area contributed by atoms with Gasteiger partial charge in [0, 0.05) is 5.69 Å². The van der Waals surface area contributed by atoms with Gasteiger partial charge in [0.25, 0.3) is 0 Å². The minimum Gasteiger partial charge on any atom is -0.398 e.